The molecule has 0 aliphatic rings. The van der Waals surface area contributed by atoms with Gasteiger partial charge in [-0.3, -0.25) is 9.59 Å². The Bertz CT molecular complexity index is 562. The molecule has 5 nitrogen and oxygen atoms in total. The van der Waals surface area contributed by atoms with E-state index < -0.39 is 23.5 Å². The first kappa shape index (κ1) is 22.0. The van der Waals surface area contributed by atoms with E-state index in [0.29, 0.717) is 6.42 Å². The molecule has 0 fully saturated rings. The van der Waals surface area contributed by atoms with Crippen molar-refractivity contribution in [2.75, 3.05) is 0 Å². The maximum atomic E-state index is 12.4. The third-order valence-corrected chi connectivity index (χ3v) is 3.72. The predicted molar refractivity (Wildman–Crippen MR) is 101 cm³/mol. The summed E-state index contributed by atoms with van der Waals surface area (Å²) >= 11 is 0. The number of hydrogen-bond acceptors (Lipinski definition) is 5. The predicted octanol–water partition coefficient (Wildman–Crippen LogP) is 4.53. The highest BCUT2D eigenvalue weighted by Crippen LogP contribution is 2.19. The zero-order valence-electron chi connectivity index (χ0n) is 16.8. The first-order chi connectivity index (χ1) is 12.1. The molecular weight excluding hydrogens is 332 g/mol. The molecule has 0 aromatic heterocycles. The summed E-state index contributed by atoms with van der Waals surface area (Å²) < 4.78 is 16.8. The van der Waals surface area contributed by atoms with Crippen molar-refractivity contribution in [2.45, 2.75) is 78.6 Å². The van der Waals surface area contributed by atoms with Crippen LogP contribution in [0.25, 0.3) is 0 Å². The molecule has 0 saturated heterocycles. The highest BCUT2D eigenvalue weighted by molar-refractivity contribution is 5.79. The molecule has 1 rings (SSSR count). The number of rotatable bonds is 9. The molecule has 0 bridgehead atoms. The Hall–Kier alpha value is -2.04. The van der Waals surface area contributed by atoms with Crippen LogP contribution in [0.1, 0.15) is 60.8 Å². The topological polar surface area (TPSA) is 61.8 Å². The van der Waals surface area contributed by atoms with Crippen LogP contribution in [0.2, 0.25) is 0 Å². The highest BCUT2D eigenvalue weighted by atomic mass is 16.6. The van der Waals surface area contributed by atoms with E-state index >= 15 is 0 Å². The second-order valence-electron chi connectivity index (χ2n) is 7.59. The molecular formula is C21H32O5. The molecule has 0 aliphatic carbocycles. The van der Waals surface area contributed by atoms with Crippen LogP contribution in [0, 0.1) is 5.92 Å². The molecule has 0 aliphatic heterocycles. The lowest BCUT2D eigenvalue weighted by molar-refractivity contribution is -0.165. The minimum Gasteiger partial charge on any atom is -0.487 e. The van der Waals surface area contributed by atoms with E-state index in [-0.39, 0.29) is 18.6 Å². The lowest BCUT2D eigenvalue weighted by atomic mass is 10.1. The Morgan fingerprint density at radius 1 is 1.08 bits per heavy atom. The van der Waals surface area contributed by atoms with Crippen LogP contribution in [0.5, 0.6) is 5.75 Å². The first-order valence-electron chi connectivity index (χ1n) is 9.26. The molecule has 0 heterocycles. The zero-order valence-corrected chi connectivity index (χ0v) is 16.8. The van der Waals surface area contributed by atoms with E-state index in [2.05, 4.69) is 0 Å². The Balaban J connectivity index is 2.61. The van der Waals surface area contributed by atoms with E-state index in [1.807, 2.05) is 44.2 Å². The first-order valence-corrected chi connectivity index (χ1v) is 9.26. The summed E-state index contributed by atoms with van der Waals surface area (Å²) in [6, 6.07) is 9.44. The monoisotopic (exact) mass is 364 g/mol. The summed E-state index contributed by atoms with van der Waals surface area (Å²) in [5, 5.41) is 0. The number of carbonyl (C=O) groups excluding carboxylic acids is 2. The molecule has 26 heavy (non-hydrogen) atoms. The Labute approximate surface area is 157 Å². The largest absolute Gasteiger partial charge is 0.487 e. The van der Waals surface area contributed by atoms with Gasteiger partial charge in [0, 0.05) is 0 Å². The molecule has 3 atom stereocenters. The van der Waals surface area contributed by atoms with Crippen LogP contribution in [-0.2, 0) is 19.1 Å². The summed E-state index contributed by atoms with van der Waals surface area (Å²) in [6.07, 6.45) is 0.909. The lowest BCUT2D eigenvalue weighted by Gasteiger charge is -2.26. The van der Waals surface area contributed by atoms with Gasteiger partial charge in [-0.2, -0.15) is 0 Å². The van der Waals surface area contributed by atoms with E-state index in [9.17, 15) is 9.59 Å². The molecule has 0 spiro atoms. The molecule has 0 saturated carbocycles. The fourth-order valence-electron chi connectivity index (χ4n) is 2.45. The number of para-hydroxylation sites is 1. The molecule has 146 valence electrons. The van der Waals surface area contributed by atoms with Crippen molar-refractivity contribution < 1.29 is 23.8 Å². The van der Waals surface area contributed by atoms with Crippen LogP contribution < -0.4 is 4.74 Å². The van der Waals surface area contributed by atoms with Gasteiger partial charge in [0.25, 0.3) is 0 Å². The molecule has 5 heteroatoms. The highest BCUT2D eigenvalue weighted by Gasteiger charge is 2.28. The van der Waals surface area contributed by atoms with Gasteiger partial charge < -0.3 is 14.2 Å². The quantitative estimate of drug-likeness (QED) is 0.602. The van der Waals surface area contributed by atoms with Crippen LogP contribution >= 0.6 is 0 Å². The number of carbonyl (C=O) groups is 2. The second-order valence-corrected chi connectivity index (χ2v) is 7.59. The van der Waals surface area contributed by atoms with Gasteiger partial charge in [0.05, 0.1) is 12.3 Å². The summed E-state index contributed by atoms with van der Waals surface area (Å²) in [4.78, 5) is 24.3. The molecule has 1 aromatic rings. The van der Waals surface area contributed by atoms with Gasteiger partial charge in [-0.05, 0) is 46.2 Å². The van der Waals surface area contributed by atoms with Gasteiger partial charge in [0.1, 0.15) is 23.6 Å². The minimum atomic E-state index is -0.566. The van der Waals surface area contributed by atoms with E-state index in [1.165, 1.54) is 0 Å². The maximum absolute atomic E-state index is 12.4. The third-order valence-electron chi connectivity index (χ3n) is 3.72. The second kappa shape index (κ2) is 10.2. The molecule has 0 radical (unpaired) electrons. The average Bonchev–Trinajstić information content (AvgIpc) is 2.53. The third kappa shape index (κ3) is 8.37. The van der Waals surface area contributed by atoms with E-state index in [4.69, 9.17) is 14.2 Å². The Morgan fingerprint density at radius 2 is 1.69 bits per heavy atom. The van der Waals surface area contributed by atoms with Crippen molar-refractivity contribution in [2.24, 2.45) is 5.92 Å². The van der Waals surface area contributed by atoms with Crippen molar-refractivity contribution >= 4 is 11.9 Å². The molecule has 0 unspecified atom stereocenters. The lowest BCUT2D eigenvalue weighted by Crippen LogP contribution is -2.35. The van der Waals surface area contributed by atoms with Gasteiger partial charge in [-0.25, -0.2) is 0 Å². The molecule has 0 N–H and O–H groups in total. The molecule has 0 amide bonds. The summed E-state index contributed by atoms with van der Waals surface area (Å²) in [5.74, 6) is -0.632. The smallest absolute Gasteiger partial charge is 0.309 e. The number of benzene rings is 1. The Kier molecular flexibility index (Phi) is 8.62. The number of hydrogen-bond donors (Lipinski definition) is 0. The van der Waals surface area contributed by atoms with E-state index in [1.54, 1.807) is 27.7 Å². The fourth-order valence-corrected chi connectivity index (χ4v) is 2.45. The Morgan fingerprint density at radius 3 is 2.23 bits per heavy atom. The van der Waals surface area contributed by atoms with Gasteiger partial charge in [0.15, 0.2) is 0 Å². The normalized spacial score (nSPS) is 14.8. The summed E-state index contributed by atoms with van der Waals surface area (Å²) in [5.41, 5.74) is -0.566. The summed E-state index contributed by atoms with van der Waals surface area (Å²) in [7, 11) is 0. The number of ether oxygens (including phenoxy) is 3. The van der Waals surface area contributed by atoms with Crippen LogP contribution in [-0.4, -0.2) is 29.7 Å². The fraction of sp³-hybridized carbons (Fsp3) is 0.619. The average molecular weight is 364 g/mol. The number of esters is 2. The zero-order chi connectivity index (χ0) is 19.7. The summed E-state index contributed by atoms with van der Waals surface area (Å²) in [6.45, 7) is 11.0. The van der Waals surface area contributed by atoms with Gasteiger partial charge >= 0.3 is 11.9 Å². The maximum Gasteiger partial charge on any atom is 0.309 e. The van der Waals surface area contributed by atoms with Crippen LogP contribution in [0.15, 0.2) is 30.3 Å². The van der Waals surface area contributed by atoms with Gasteiger partial charge in [-0.1, -0.05) is 38.5 Å². The SMILES string of the molecule is CCC[C@@H](OC(=O)[C@H](C)CC(=O)OC(C)(C)C)[C@H](C)Oc1ccccc1. The van der Waals surface area contributed by atoms with Gasteiger partial charge in [-0.15, -0.1) is 0 Å². The minimum absolute atomic E-state index is 0.00285. The van der Waals surface area contributed by atoms with Crippen LogP contribution in [0.4, 0.5) is 0 Å². The van der Waals surface area contributed by atoms with Crippen molar-refractivity contribution in [1.82, 2.24) is 0 Å². The van der Waals surface area contributed by atoms with Crippen molar-refractivity contribution in [3.05, 3.63) is 30.3 Å². The van der Waals surface area contributed by atoms with Crippen LogP contribution in [0.3, 0.4) is 0 Å². The van der Waals surface area contributed by atoms with Gasteiger partial charge in [0.2, 0.25) is 0 Å². The van der Waals surface area contributed by atoms with E-state index in [0.717, 1.165) is 12.2 Å². The standard InChI is InChI=1S/C21H32O5/c1-7-11-18(16(3)24-17-12-9-8-10-13-17)25-20(23)15(2)14-19(22)26-21(4,5)6/h8-10,12-13,15-16,18H,7,11,14H2,1-6H3/t15-,16+,18-/m1/s1. The molecule has 1 aromatic carbocycles. The van der Waals surface area contributed by atoms with Crippen molar-refractivity contribution in [3.63, 3.8) is 0 Å². The van der Waals surface area contributed by atoms with Crippen molar-refractivity contribution in [1.29, 1.82) is 0 Å². The van der Waals surface area contributed by atoms with Crippen molar-refractivity contribution in [3.8, 4) is 5.75 Å².